The molecule has 2 amide bonds. The molecule has 3 rings (SSSR count). The predicted molar refractivity (Wildman–Crippen MR) is 107 cm³/mol. The molecule has 7 heteroatoms. The Labute approximate surface area is 168 Å². The van der Waals surface area contributed by atoms with Gasteiger partial charge in [-0.15, -0.1) is 0 Å². The van der Waals surface area contributed by atoms with Gasteiger partial charge in [0.25, 0.3) is 5.91 Å². The van der Waals surface area contributed by atoms with Crippen LogP contribution < -0.4 is 0 Å². The summed E-state index contributed by atoms with van der Waals surface area (Å²) in [5.74, 6) is 0.166. The number of amides is 2. The van der Waals surface area contributed by atoms with Gasteiger partial charge in [-0.25, -0.2) is 0 Å². The molecule has 2 saturated heterocycles. The van der Waals surface area contributed by atoms with E-state index in [9.17, 15) is 9.59 Å². The first-order valence-electron chi connectivity index (χ1n) is 9.22. The molecule has 2 aliphatic rings. The summed E-state index contributed by atoms with van der Waals surface area (Å²) in [5, 5.41) is 0.467. The predicted octanol–water partition coefficient (Wildman–Crippen LogP) is 3.26. The molecule has 0 spiro atoms. The minimum absolute atomic E-state index is 0.0491. The molecule has 0 radical (unpaired) electrons. The van der Waals surface area contributed by atoms with Crippen molar-refractivity contribution in [3.05, 3.63) is 33.3 Å². The molecule has 1 aromatic rings. The van der Waals surface area contributed by atoms with Gasteiger partial charge in [-0.2, -0.15) is 0 Å². The maximum Gasteiger partial charge on any atom is 0.255 e. The average molecular weight is 443 g/mol. The number of carbonyl (C=O) groups is 2. The molecular formula is C19H25BrClN3O2. The van der Waals surface area contributed by atoms with Crippen molar-refractivity contribution in [2.24, 2.45) is 0 Å². The van der Waals surface area contributed by atoms with E-state index in [1.54, 1.807) is 12.1 Å². The summed E-state index contributed by atoms with van der Waals surface area (Å²) in [4.78, 5) is 31.3. The molecule has 0 N–H and O–H groups in total. The lowest BCUT2D eigenvalue weighted by Crippen LogP contribution is -2.53. The number of benzene rings is 1. The molecule has 142 valence electrons. The quantitative estimate of drug-likeness (QED) is 0.722. The van der Waals surface area contributed by atoms with Gasteiger partial charge in [0.1, 0.15) is 0 Å². The third-order valence-corrected chi connectivity index (χ3v) is 6.12. The number of carbonyl (C=O) groups excluding carboxylic acids is 2. The van der Waals surface area contributed by atoms with E-state index in [0.717, 1.165) is 23.9 Å². The Morgan fingerprint density at radius 3 is 2.58 bits per heavy atom. The summed E-state index contributed by atoms with van der Waals surface area (Å²) in [5.41, 5.74) is 0.521. The standard InChI is InChI=1S/C19H25BrClN3O2/c1-14-4-2-3-7-24(14)18(25)13-22-8-10-23(11-9-22)19(26)16-12-15(20)5-6-17(16)21/h5-6,12,14H,2-4,7-11,13H2,1H3. The van der Waals surface area contributed by atoms with Crippen LogP contribution in [0.5, 0.6) is 0 Å². The summed E-state index contributed by atoms with van der Waals surface area (Å²) < 4.78 is 0.838. The highest BCUT2D eigenvalue weighted by molar-refractivity contribution is 9.10. The normalized spacial score (nSPS) is 21.7. The highest BCUT2D eigenvalue weighted by Gasteiger charge is 2.28. The minimum Gasteiger partial charge on any atom is -0.339 e. The molecule has 0 bridgehead atoms. The molecule has 2 aliphatic heterocycles. The van der Waals surface area contributed by atoms with E-state index in [1.165, 1.54) is 6.42 Å². The molecular weight excluding hydrogens is 418 g/mol. The van der Waals surface area contributed by atoms with Crippen molar-refractivity contribution >= 4 is 39.3 Å². The molecule has 1 atom stereocenters. The third kappa shape index (κ3) is 4.59. The van der Waals surface area contributed by atoms with Gasteiger partial charge >= 0.3 is 0 Å². The third-order valence-electron chi connectivity index (χ3n) is 5.30. The monoisotopic (exact) mass is 441 g/mol. The van der Waals surface area contributed by atoms with Crippen LogP contribution in [-0.2, 0) is 4.79 Å². The number of nitrogens with zero attached hydrogens (tertiary/aromatic N) is 3. The average Bonchev–Trinajstić information content (AvgIpc) is 2.64. The first-order valence-corrected chi connectivity index (χ1v) is 10.4. The van der Waals surface area contributed by atoms with Gasteiger partial charge in [0.05, 0.1) is 17.1 Å². The number of hydrogen-bond donors (Lipinski definition) is 0. The second-order valence-corrected chi connectivity index (χ2v) is 8.45. The molecule has 0 aliphatic carbocycles. The van der Waals surface area contributed by atoms with Crippen LogP contribution in [0, 0.1) is 0 Å². The van der Waals surface area contributed by atoms with Crippen LogP contribution in [0.1, 0.15) is 36.5 Å². The Morgan fingerprint density at radius 1 is 1.15 bits per heavy atom. The topological polar surface area (TPSA) is 43.9 Å². The van der Waals surface area contributed by atoms with Crippen LogP contribution in [0.4, 0.5) is 0 Å². The number of hydrogen-bond acceptors (Lipinski definition) is 3. The van der Waals surface area contributed by atoms with Crippen molar-refractivity contribution in [2.45, 2.75) is 32.2 Å². The lowest BCUT2D eigenvalue weighted by atomic mass is 10.0. The van der Waals surface area contributed by atoms with Crippen molar-refractivity contribution < 1.29 is 9.59 Å². The van der Waals surface area contributed by atoms with E-state index >= 15 is 0 Å². The maximum atomic E-state index is 12.7. The maximum absolute atomic E-state index is 12.7. The van der Waals surface area contributed by atoms with Gasteiger partial charge < -0.3 is 9.80 Å². The second kappa shape index (κ2) is 8.72. The molecule has 1 aromatic carbocycles. The molecule has 0 aromatic heterocycles. The van der Waals surface area contributed by atoms with Crippen molar-refractivity contribution in [3.8, 4) is 0 Å². The number of piperazine rings is 1. The Kier molecular flexibility index (Phi) is 6.59. The SMILES string of the molecule is CC1CCCCN1C(=O)CN1CCN(C(=O)c2cc(Br)ccc2Cl)CC1. The summed E-state index contributed by atoms with van der Waals surface area (Å²) in [6, 6.07) is 5.66. The van der Waals surface area contributed by atoms with E-state index in [2.05, 4.69) is 27.8 Å². The summed E-state index contributed by atoms with van der Waals surface area (Å²) >= 11 is 9.57. The van der Waals surface area contributed by atoms with Crippen LogP contribution in [0.25, 0.3) is 0 Å². The first-order chi connectivity index (χ1) is 12.5. The van der Waals surface area contributed by atoms with Crippen LogP contribution in [0.2, 0.25) is 5.02 Å². The summed E-state index contributed by atoms with van der Waals surface area (Å²) in [7, 11) is 0. The number of likely N-dealkylation sites (tertiary alicyclic amines) is 1. The molecule has 26 heavy (non-hydrogen) atoms. The van der Waals surface area contributed by atoms with Crippen molar-refractivity contribution in [2.75, 3.05) is 39.3 Å². The lowest BCUT2D eigenvalue weighted by Gasteiger charge is -2.38. The highest BCUT2D eigenvalue weighted by Crippen LogP contribution is 2.23. The van der Waals surface area contributed by atoms with Crippen molar-refractivity contribution in [1.29, 1.82) is 0 Å². The van der Waals surface area contributed by atoms with E-state index in [1.807, 2.05) is 15.9 Å². The number of rotatable bonds is 3. The smallest absolute Gasteiger partial charge is 0.255 e. The van der Waals surface area contributed by atoms with Gasteiger partial charge in [0.2, 0.25) is 5.91 Å². The van der Waals surface area contributed by atoms with Gasteiger partial charge in [-0.05, 0) is 44.4 Å². The van der Waals surface area contributed by atoms with Crippen molar-refractivity contribution in [3.63, 3.8) is 0 Å². The zero-order valence-corrected chi connectivity index (χ0v) is 17.4. The first kappa shape index (κ1) is 19.6. The zero-order valence-electron chi connectivity index (χ0n) is 15.1. The summed E-state index contributed by atoms with van der Waals surface area (Å²) in [6.45, 7) is 6.12. The zero-order chi connectivity index (χ0) is 18.7. The molecule has 2 heterocycles. The molecule has 1 unspecified atom stereocenters. The fraction of sp³-hybridized carbons (Fsp3) is 0.579. The Balaban J connectivity index is 1.53. The van der Waals surface area contributed by atoms with Gasteiger partial charge in [0, 0.05) is 43.2 Å². The van der Waals surface area contributed by atoms with E-state index in [4.69, 9.17) is 11.6 Å². The fourth-order valence-electron chi connectivity index (χ4n) is 3.69. The van der Waals surface area contributed by atoms with Crippen LogP contribution >= 0.6 is 27.5 Å². The largest absolute Gasteiger partial charge is 0.339 e. The summed E-state index contributed by atoms with van der Waals surface area (Å²) in [6.07, 6.45) is 3.41. The number of piperidine rings is 1. The van der Waals surface area contributed by atoms with Crippen LogP contribution in [0.15, 0.2) is 22.7 Å². The van der Waals surface area contributed by atoms with Gasteiger partial charge in [-0.3, -0.25) is 14.5 Å². The van der Waals surface area contributed by atoms with Gasteiger partial charge in [-0.1, -0.05) is 27.5 Å². The fourth-order valence-corrected chi connectivity index (χ4v) is 4.25. The van der Waals surface area contributed by atoms with Crippen LogP contribution in [0.3, 0.4) is 0 Å². The molecule has 2 fully saturated rings. The Hall–Kier alpha value is -1.11. The lowest BCUT2D eigenvalue weighted by molar-refractivity contribution is -0.136. The Morgan fingerprint density at radius 2 is 1.88 bits per heavy atom. The van der Waals surface area contributed by atoms with E-state index in [0.29, 0.717) is 49.4 Å². The molecule has 0 saturated carbocycles. The van der Waals surface area contributed by atoms with Crippen LogP contribution in [-0.4, -0.2) is 71.8 Å². The minimum atomic E-state index is -0.0491. The second-order valence-electron chi connectivity index (χ2n) is 7.12. The highest BCUT2D eigenvalue weighted by atomic mass is 79.9. The van der Waals surface area contributed by atoms with Crippen molar-refractivity contribution in [1.82, 2.24) is 14.7 Å². The number of halogens is 2. The van der Waals surface area contributed by atoms with E-state index in [-0.39, 0.29) is 11.8 Å². The van der Waals surface area contributed by atoms with E-state index < -0.39 is 0 Å². The molecule has 5 nitrogen and oxygen atoms in total. The van der Waals surface area contributed by atoms with Gasteiger partial charge in [0.15, 0.2) is 0 Å². The Bertz CT molecular complexity index is 677.